The molecule has 2 N–H and O–H groups in total. The first kappa shape index (κ1) is 22.1. The molecule has 1 aromatic carbocycles. The Bertz CT molecular complexity index is 791. The van der Waals surface area contributed by atoms with E-state index in [1.165, 1.54) is 7.11 Å². The van der Waals surface area contributed by atoms with E-state index in [4.69, 9.17) is 4.74 Å². The molecule has 0 saturated carbocycles. The predicted molar refractivity (Wildman–Crippen MR) is 114 cm³/mol. The van der Waals surface area contributed by atoms with Crippen LogP contribution in [-0.2, 0) is 20.9 Å². The molecule has 3 rings (SSSR count). The van der Waals surface area contributed by atoms with Crippen LogP contribution in [-0.4, -0.2) is 74.5 Å². The van der Waals surface area contributed by atoms with Crippen molar-refractivity contribution in [3.05, 3.63) is 29.3 Å². The lowest BCUT2D eigenvalue weighted by Crippen LogP contribution is -2.39. The number of fused-ring (bicyclic) bond motifs is 1. The number of ether oxygens (including phenoxy) is 1. The number of nitrogens with one attached hydrogen (secondary N) is 2. The highest BCUT2D eigenvalue weighted by molar-refractivity contribution is 5.96. The minimum Gasteiger partial charge on any atom is -0.469 e. The number of likely N-dealkylation sites (N-methyl/N-ethyl adjacent to an activating group) is 1. The number of benzene rings is 1. The first-order valence-corrected chi connectivity index (χ1v) is 10.6. The van der Waals surface area contributed by atoms with E-state index >= 15 is 0 Å². The number of rotatable bonds is 6. The number of anilines is 1. The predicted octanol–water partition coefficient (Wildman–Crippen LogP) is 1.46. The Kier molecular flexibility index (Phi) is 7.31. The average molecular weight is 417 g/mol. The first-order chi connectivity index (χ1) is 14.4. The van der Waals surface area contributed by atoms with Gasteiger partial charge in [-0.15, -0.1) is 0 Å². The van der Waals surface area contributed by atoms with Crippen molar-refractivity contribution in [3.8, 4) is 0 Å². The van der Waals surface area contributed by atoms with Gasteiger partial charge in [0.2, 0.25) is 5.91 Å². The molecule has 30 heavy (non-hydrogen) atoms. The zero-order chi connectivity index (χ0) is 21.7. The molecule has 0 radical (unpaired) electrons. The second-order valence-corrected chi connectivity index (χ2v) is 8.25. The number of esters is 1. The molecule has 1 fully saturated rings. The van der Waals surface area contributed by atoms with Crippen LogP contribution >= 0.6 is 0 Å². The van der Waals surface area contributed by atoms with Gasteiger partial charge in [-0.2, -0.15) is 0 Å². The van der Waals surface area contributed by atoms with E-state index in [0.717, 1.165) is 44.5 Å². The topological polar surface area (TPSA) is 91.0 Å². The quantitative estimate of drug-likeness (QED) is 0.683. The standard InChI is InChI=1S/C22H32N4O4/c1-25(11-8-15-6-9-23-10-7-15)21(28)16-4-5-17-14-26(2)22(29)19(13-20(27)30-3)24-18(17)12-16/h4-5,12,15,19,23-24H,6-11,13-14H2,1-3H3/t19-/m0/s1. The maximum Gasteiger partial charge on any atom is 0.308 e. The number of methoxy groups -OCH3 is 1. The van der Waals surface area contributed by atoms with Gasteiger partial charge in [0.15, 0.2) is 0 Å². The van der Waals surface area contributed by atoms with Crippen molar-refractivity contribution in [2.24, 2.45) is 5.92 Å². The summed E-state index contributed by atoms with van der Waals surface area (Å²) in [5.41, 5.74) is 2.19. The largest absolute Gasteiger partial charge is 0.469 e. The monoisotopic (exact) mass is 416 g/mol. The molecule has 0 unspecified atom stereocenters. The molecule has 1 saturated heterocycles. The second kappa shape index (κ2) is 9.93. The van der Waals surface area contributed by atoms with Crippen LogP contribution in [0.3, 0.4) is 0 Å². The van der Waals surface area contributed by atoms with Crippen LogP contribution in [0.2, 0.25) is 0 Å². The third-order valence-corrected chi connectivity index (χ3v) is 6.05. The van der Waals surface area contributed by atoms with Gasteiger partial charge in [-0.25, -0.2) is 0 Å². The average Bonchev–Trinajstić information content (AvgIpc) is 2.88. The van der Waals surface area contributed by atoms with E-state index in [1.807, 2.05) is 19.2 Å². The number of carbonyl (C=O) groups excluding carboxylic acids is 3. The molecule has 2 aliphatic heterocycles. The van der Waals surface area contributed by atoms with Crippen LogP contribution in [0, 0.1) is 5.92 Å². The Hall–Kier alpha value is -2.61. The summed E-state index contributed by atoms with van der Waals surface area (Å²) < 4.78 is 4.72. The van der Waals surface area contributed by atoms with Crippen molar-refractivity contribution in [1.29, 1.82) is 0 Å². The highest BCUT2D eigenvalue weighted by atomic mass is 16.5. The Labute approximate surface area is 177 Å². The van der Waals surface area contributed by atoms with Crippen molar-refractivity contribution in [2.45, 2.75) is 38.3 Å². The number of hydrogen-bond acceptors (Lipinski definition) is 6. The lowest BCUT2D eigenvalue weighted by Gasteiger charge is -2.25. The second-order valence-electron chi connectivity index (χ2n) is 8.25. The fourth-order valence-corrected chi connectivity index (χ4v) is 4.09. The van der Waals surface area contributed by atoms with Gasteiger partial charge in [0.1, 0.15) is 6.04 Å². The smallest absolute Gasteiger partial charge is 0.308 e. The van der Waals surface area contributed by atoms with Crippen LogP contribution in [0.5, 0.6) is 0 Å². The number of nitrogens with zero attached hydrogens (tertiary/aromatic N) is 2. The maximum absolute atomic E-state index is 13.0. The molecule has 2 aliphatic rings. The molecule has 1 atom stereocenters. The van der Waals surface area contributed by atoms with E-state index in [1.54, 1.807) is 22.9 Å². The van der Waals surface area contributed by atoms with Gasteiger partial charge in [-0.1, -0.05) is 6.07 Å². The zero-order valence-corrected chi connectivity index (χ0v) is 18.1. The van der Waals surface area contributed by atoms with Crippen LogP contribution < -0.4 is 10.6 Å². The Morgan fingerprint density at radius 3 is 2.70 bits per heavy atom. The molecule has 0 spiro atoms. The zero-order valence-electron chi connectivity index (χ0n) is 18.1. The fraction of sp³-hybridized carbons (Fsp3) is 0.591. The summed E-state index contributed by atoms with van der Waals surface area (Å²) in [5, 5.41) is 6.52. The molecule has 0 aromatic heterocycles. The third kappa shape index (κ3) is 5.30. The molecule has 2 heterocycles. The van der Waals surface area contributed by atoms with Crippen molar-refractivity contribution < 1.29 is 19.1 Å². The molecule has 8 nitrogen and oxygen atoms in total. The van der Waals surface area contributed by atoms with Crippen LogP contribution in [0.1, 0.15) is 41.6 Å². The summed E-state index contributed by atoms with van der Waals surface area (Å²) in [5.74, 6) is -0.0102. The van der Waals surface area contributed by atoms with Gasteiger partial charge in [0.25, 0.3) is 5.91 Å². The summed E-state index contributed by atoms with van der Waals surface area (Å²) in [4.78, 5) is 40.6. The van der Waals surface area contributed by atoms with Gasteiger partial charge in [0, 0.05) is 38.4 Å². The Morgan fingerprint density at radius 2 is 2.00 bits per heavy atom. The van der Waals surface area contributed by atoms with Gasteiger partial charge in [-0.05, 0) is 56.0 Å². The number of hydrogen-bond donors (Lipinski definition) is 2. The highest BCUT2D eigenvalue weighted by Gasteiger charge is 2.30. The summed E-state index contributed by atoms with van der Waals surface area (Å²) in [6.07, 6.45) is 3.27. The van der Waals surface area contributed by atoms with Crippen molar-refractivity contribution in [2.75, 3.05) is 46.2 Å². The maximum atomic E-state index is 13.0. The van der Waals surface area contributed by atoms with E-state index in [2.05, 4.69) is 10.6 Å². The van der Waals surface area contributed by atoms with Crippen LogP contribution in [0.25, 0.3) is 0 Å². The van der Waals surface area contributed by atoms with E-state index in [-0.39, 0.29) is 18.2 Å². The molecule has 0 aliphatic carbocycles. The normalized spacial score (nSPS) is 19.5. The molecular weight excluding hydrogens is 384 g/mol. The summed E-state index contributed by atoms with van der Waals surface area (Å²) >= 11 is 0. The van der Waals surface area contributed by atoms with Crippen molar-refractivity contribution in [1.82, 2.24) is 15.1 Å². The van der Waals surface area contributed by atoms with E-state index in [9.17, 15) is 14.4 Å². The van der Waals surface area contributed by atoms with Gasteiger partial charge < -0.3 is 25.2 Å². The van der Waals surface area contributed by atoms with Crippen molar-refractivity contribution in [3.63, 3.8) is 0 Å². The first-order valence-electron chi connectivity index (χ1n) is 10.6. The fourth-order valence-electron chi connectivity index (χ4n) is 4.09. The van der Waals surface area contributed by atoms with Gasteiger partial charge >= 0.3 is 5.97 Å². The summed E-state index contributed by atoms with van der Waals surface area (Å²) in [7, 11) is 4.84. The number of piperidine rings is 1. The van der Waals surface area contributed by atoms with Crippen LogP contribution in [0.15, 0.2) is 18.2 Å². The van der Waals surface area contributed by atoms with Crippen LogP contribution in [0.4, 0.5) is 5.69 Å². The third-order valence-electron chi connectivity index (χ3n) is 6.05. The molecule has 8 heteroatoms. The SMILES string of the molecule is COC(=O)C[C@@H]1Nc2cc(C(=O)N(C)CCC3CCNCC3)ccc2CN(C)C1=O. The highest BCUT2D eigenvalue weighted by Crippen LogP contribution is 2.26. The van der Waals surface area contributed by atoms with Gasteiger partial charge in [0.05, 0.1) is 13.5 Å². The minimum atomic E-state index is -0.716. The lowest BCUT2D eigenvalue weighted by atomic mass is 9.94. The molecular formula is C22H32N4O4. The molecule has 0 bridgehead atoms. The summed E-state index contributed by atoms with van der Waals surface area (Å²) in [6.45, 7) is 3.25. The number of carbonyl (C=O) groups is 3. The summed E-state index contributed by atoms with van der Waals surface area (Å²) in [6, 6.07) is 4.75. The minimum absolute atomic E-state index is 0.0398. The molecule has 164 valence electrons. The Morgan fingerprint density at radius 1 is 1.27 bits per heavy atom. The molecule has 2 amide bonds. The van der Waals surface area contributed by atoms with Crippen molar-refractivity contribution >= 4 is 23.5 Å². The van der Waals surface area contributed by atoms with Gasteiger partial charge in [-0.3, -0.25) is 14.4 Å². The van der Waals surface area contributed by atoms with E-state index < -0.39 is 12.0 Å². The lowest BCUT2D eigenvalue weighted by molar-refractivity contribution is -0.143. The van der Waals surface area contributed by atoms with E-state index in [0.29, 0.717) is 23.7 Å². The Balaban J connectivity index is 1.70. The number of amides is 2. The molecule has 1 aromatic rings.